The van der Waals surface area contributed by atoms with E-state index in [-0.39, 0.29) is 11.8 Å². The Morgan fingerprint density at radius 2 is 2.05 bits per heavy atom. The lowest BCUT2D eigenvalue weighted by atomic mass is 9.86. The van der Waals surface area contributed by atoms with Gasteiger partial charge in [0.1, 0.15) is 5.60 Å². The first-order valence-corrected chi connectivity index (χ1v) is 8.01. The molecule has 2 fully saturated rings. The molecule has 0 aromatic carbocycles. The monoisotopic (exact) mass is 329 g/mol. The third-order valence-electron chi connectivity index (χ3n) is 4.30. The molecule has 0 unspecified atom stereocenters. The number of esters is 1. The molecule has 3 atom stereocenters. The number of nitrogens with zero attached hydrogens (tertiary/aromatic N) is 1. The Morgan fingerprint density at radius 3 is 2.55 bits per heavy atom. The van der Waals surface area contributed by atoms with Crippen LogP contribution < -0.4 is 0 Å². The first kappa shape index (κ1) is 17.1. The molecule has 1 saturated heterocycles. The summed E-state index contributed by atoms with van der Waals surface area (Å²) >= 11 is 5.85. The van der Waals surface area contributed by atoms with Gasteiger partial charge in [-0.25, -0.2) is 9.59 Å². The standard InChI is InChI=1S/C16H24ClNO4/c1-10(8-17)7-16(13(19)21-5)12-6-11(12)9-18(16)14(20)22-15(2,3)4/h11-12H,1,6-9H2,2-5H3/t11-,12-,16-/m0/s1. The summed E-state index contributed by atoms with van der Waals surface area (Å²) in [7, 11) is 1.34. The summed E-state index contributed by atoms with van der Waals surface area (Å²) < 4.78 is 10.5. The highest BCUT2D eigenvalue weighted by Gasteiger charge is 2.68. The Labute approximate surface area is 136 Å². The first-order valence-electron chi connectivity index (χ1n) is 7.47. The van der Waals surface area contributed by atoms with Crippen molar-refractivity contribution in [3.8, 4) is 0 Å². The average Bonchev–Trinajstić information content (AvgIpc) is 3.13. The molecule has 0 spiro atoms. The highest BCUT2D eigenvalue weighted by Crippen LogP contribution is 2.58. The van der Waals surface area contributed by atoms with Crippen molar-refractivity contribution < 1.29 is 19.1 Å². The van der Waals surface area contributed by atoms with Gasteiger partial charge in [0.15, 0.2) is 5.54 Å². The number of halogens is 1. The zero-order valence-electron chi connectivity index (χ0n) is 13.6. The van der Waals surface area contributed by atoms with Crippen LogP contribution in [-0.4, -0.2) is 47.6 Å². The van der Waals surface area contributed by atoms with Crippen molar-refractivity contribution in [1.29, 1.82) is 0 Å². The lowest BCUT2D eigenvalue weighted by Gasteiger charge is -2.39. The van der Waals surface area contributed by atoms with E-state index in [0.717, 1.165) is 6.42 Å². The lowest BCUT2D eigenvalue weighted by molar-refractivity contribution is -0.154. The molecule has 0 radical (unpaired) electrons. The molecular weight excluding hydrogens is 306 g/mol. The van der Waals surface area contributed by atoms with Crippen LogP contribution in [0.2, 0.25) is 0 Å². The maximum atomic E-state index is 12.6. The molecule has 0 N–H and O–H groups in total. The highest BCUT2D eigenvalue weighted by molar-refractivity contribution is 6.19. The maximum Gasteiger partial charge on any atom is 0.411 e. The van der Waals surface area contributed by atoms with Gasteiger partial charge in [-0.2, -0.15) is 0 Å². The number of likely N-dealkylation sites (tertiary alicyclic amines) is 1. The van der Waals surface area contributed by atoms with Crippen molar-refractivity contribution in [2.75, 3.05) is 19.5 Å². The number of fused-ring (bicyclic) bond motifs is 1. The van der Waals surface area contributed by atoms with Crippen molar-refractivity contribution in [2.45, 2.75) is 44.8 Å². The van der Waals surface area contributed by atoms with Crippen LogP contribution in [-0.2, 0) is 14.3 Å². The van der Waals surface area contributed by atoms with Crippen LogP contribution in [0.5, 0.6) is 0 Å². The van der Waals surface area contributed by atoms with Crippen molar-refractivity contribution in [3.05, 3.63) is 12.2 Å². The largest absolute Gasteiger partial charge is 0.467 e. The van der Waals surface area contributed by atoms with Gasteiger partial charge >= 0.3 is 12.1 Å². The minimum absolute atomic E-state index is 0.104. The van der Waals surface area contributed by atoms with E-state index in [1.54, 1.807) is 20.8 Å². The van der Waals surface area contributed by atoms with Crippen LogP contribution in [0.15, 0.2) is 12.2 Å². The Kier molecular flexibility index (Phi) is 4.49. The zero-order valence-corrected chi connectivity index (χ0v) is 14.4. The Bertz CT molecular complexity index is 499. The molecule has 0 aromatic rings. The lowest BCUT2D eigenvalue weighted by Crippen LogP contribution is -2.57. The number of hydrogen-bond donors (Lipinski definition) is 0. The van der Waals surface area contributed by atoms with Crippen LogP contribution in [0.25, 0.3) is 0 Å². The number of methoxy groups -OCH3 is 1. The van der Waals surface area contributed by atoms with Crippen LogP contribution in [0.4, 0.5) is 4.79 Å². The number of piperidine rings is 1. The third-order valence-corrected chi connectivity index (χ3v) is 4.67. The average molecular weight is 330 g/mol. The molecule has 1 aliphatic heterocycles. The van der Waals surface area contributed by atoms with E-state index in [1.165, 1.54) is 12.0 Å². The molecule has 2 rings (SSSR count). The number of alkyl halides is 1. The number of amides is 1. The van der Waals surface area contributed by atoms with Crippen LogP contribution in [0.1, 0.15) is 33.6 Å². The smallest absolute Gasteiger partial charge is 0.411 e. The number of ether oxygens (including phenoxy) is 2. The normalized spacial score (nSPS) is 29.8. The van der Waals surface area contributed by atoms with E-state index in [1.807, 2.05) is 0 Å². The molecule has 0 aromatic heterocycles. The minimum atomic E-state index is -1.02. The van der Waals surface area contributed by atoms with E-state index >= 15 is 0 Å². The van der Waals surface area contributed by atoms with Gasteiger partial charge in [0.2, 0.25) is 0 Å². The van der Waals surface area contributed by atoms with Crippen LogP contribution in [0, 0.1) is 11.8 Å². The maximum absolute atomic E-state index is 12.6. The SMILES string of the molecule is C=C(CCl)C[C@@]1(C(=O)OC)[C@H]2C[C@H]2CN1C(=O)OC(C)(C)C. The summed E-state index contributed by atoms with van der Waals surface area (Å²) in [4.78, 5) is 26.6. The fourth-order valence-corrected chi connectivity index (χ4v) is 3.45. The van der Waals surface area contributed by atoms with Gasteiger partial charge in [-0.15, -0.1) is 11.6 Å². The second-order valence-corrected chi connectivity index (χ2v) is 7.44. The number of carbonyl (C=O) groups is 2. The van der Waals surface area contributed by atoms with Crippen molar-refractivity contribution in [1.82, 2.24) is 4.90 Å². The van der Waals surface area contributed by atoms with Gasteiger partial charge in [0, 0.05) is 18.8 Å². The van der Waals surface area contributed by atoms with E-state index in [2.05, 4.69) is 6.58 Å². The topological polar surface area (TPSA) is 55.8 Å². The van der Waals surface area contributed by atoms with Gasteiger partial charge in [-0.05, 0) is 39.0 Å². The molecular formula is C16H24ClNO4. The van der Waals surface area contributed by atoms with Gasteiger partial charge < -0.3 is 9.47 Å². The molecule has 124 valence electrons. The van der Waals surface area contributed by atoms with Gasteiger partial charge in [-0.1, -0.05) is 12.2 Å². The van der Waals surface area contributed by atoms with E-state index < -0.39 is 23.2 Å². The van der Waals surface area contributed by atoms with Gasteiger partial charge in [-0.3, -0.25) is 4.90 Å². The molecule has 6 heteroatoms. The summed E-state index contributed by atoms with van der Waals surface area (Å²) in [5.41, 5.74) is -0.920. The van der Waals surface area contributed by atoms with Crippen LogP contribution >= 0.6 is 11.6 Å². The predicted octanol–water partition coefficient (Wildman–Crippen LogP) is 2.97. The predicted molar refractivity (Wildman–Crippen MR) is 83.8 cm³/mol. The summed E-state index contributed by atoms with van der Waals surface area (Å²) in [6.45, 7) is 9.83. The number of rotatable bonds is 4. The molecule has 5 nitrogen and oxygen atoms in total. The molecule has 0 bridgehead atoms. The summed E-state index contributed by atoms with van der Waals surface area (Å²) in [5, 5.41) is 0. The van der Waals surface area contributed by atoms with Gasteiger partial charge in [0.25, 0.3) is 0 Å². The fourth-order valence-electron chi connectivity index (χ4n) is 3.35. The Balaban J connectivity index is 2.33. The van der Waals surface area contributed by atoms with Crippen molar-refractivity contribution >= 4 is 23.7 Å². The third kappa shape index (κ3) is 2.96. The summed E-state index contributed by atoms with van der Waals surface area (Å²) in [6, 6.07) is 0. The first-order chi connectivity index (χ1) is 10.2. The zero-order chi connectivity index (χ0) is 16.7. The second-order valence-electron chi connectivity index (χ2n) is 7.17. The van der Waals surface area contributed by atoms with Crippen LogP contribution in [0.3, 0.4) is 0 Å². The molecule has 1 amide bonds. The summed E-state index contributed by atoms with van der Waals surface area (Å²) in [5.74, 6) is 0.273. The fraction of sp³-hybridized carbons (Fsp3) is 0.750. The van der Waals surface area contributed by atoms with Crippen molar-refractivity contribution in [2.24, 2.45) is 11.8 Å². The molecule has 1 saturated carbocycles. The highest BCUT2D eigenvalue weighted by atomic mass is 35.5. The summed E-state index contributed by atoms with van der Waals surface area (Å²) in [6.07, 6.45) is 0.764. The Morgan fingerprint density at radius 1 is 1.41 bits per heavy atom. The molecule has 2 aliphatic rings. The van der Waals surface area contributed by atoms with E-state index in [9.17, 15) is 9.59 Å². The number of carbonyl (C=O) groups excluding carboxylic acids is 2. The molecule has 22 heavy (non-hydrogen) atoms. The van der Waals surface area contributed by atoms with Crippen molar-refractivity contribution in [3.63, 3.8) is 0 Å². The number of hydrogen-bond acceptors (Lipinski definition) is 4. The molecule has 1 aliphatic carbocycles. The molecule has 1 heterocycles. The Hall–Kier alpha value is -1.23. The second kappa shape index (κ2) is 5.76. The minimum Gasteiger partial charge on any atom is -0.467 e. The quantitative estimate of drug-likeness (QED) is 0.452. The van der Waals surface area contributed by atoms with E-state index in [4.69, 9.17) is 21.1 Å². The van der Waals surface area contributed by atoms with Gasteiger partial charge in [0.05, 0.1) is 7.11 Å². The van der Waals surface area contributed by atoms with E-state index in [0.29, 0.717) is 24.5 Å².